The molecule has 0 bridgehead atoms. The van der Waals surface area contributed by atoms with E-state index in [1.54, 1.807) is 289 Å². The molecule has 18 rings (SSSR count). The summed E-state index contributed by atoms with van der Waals surface area (Å²) >= 11 is -3.76. The summed E-state index contributed by atoms with van der Waals surface area (Å²) in [5.74, 6) is 0. The van der Waals surface area contributed by atoms with E-state index in [0.717, 1.165) is 8.21 Å². The zero-order valence-electron chi connectivity index (χ0n) is 72.2. The third-order valence-corrected chi connectivity index (χ3v) is 49.0. The molecule has 9 saturated carbocycles. The van der Waals surface area contributed by atoms with Crippen molar-refractivity contribution in [2.75, 3.05) is 9.80 Å². The Kier molecular flexibility index (Phi) is 37.5. The molecule has 0 aromatic heterocycles. The van der Waals surface area contributed by atoms with Gasteiger partial charge in [-0.3, -0.25) is 0 Å². The first-order valence-corrected chi connectivity index (χ1v) is 63.0. The molecule has 0 N–H and O–H groups in total. The van der Waals surface area contributed by atoms with Crippen molar-refractivity contribution in [1.29, 1.82) is 0 Å². The molecule has 12 aliphatic rings. The van der Waals surface area contributed by atoms with Gasteiger partial charge in [0.1, 0.15) is 0 Å². The molecule has 11 aliphatic carbocycles. The number of nitrogens with zero attached hydrogens (tertiary/aromatic N) is 2. The maximum absolute atomic E-state index is 6.19. The van der Waals surface area contributed by atoms with E-state index in [4.69, 9.17) is 38.8 Å². The van der Waals surface area contributed by atoms with Crippen LogP contribution in [-0.4, -0.2) is 59.1 Å². The fraction of sp³-hybridized carbons (Fsp3) is 0.571. The van der Waals surface area contributed by atoms with Crippen LogP contribution in [0, 0.1) is 48.2 Å². The molecule has 0 spiro atoms. The van der Waals surface area contributed by atoms with E-state index < -0.39 is 27.0 Å². The normalized spacial score (nSPS) is 21.4. The molecule has 6 aromatic carbocycles. The number of fused-ring (bicyclic) bond motifs is 2. The molecule has 0 amide bonds. The number of rotatable bonds is 13. The van der Waals surface area contributed by atoms with Crippen molar-refractivity contribution >= 4 is 93.3 Å². The fourth-order valence-electron chi connectivity index (χ4n) is 24.0. The molecule has 11 heteroatoms. The Bertz CT molecular complexity index is 3680. The number of aryl methyl sites for hydroxylation is 6. The monoisotopic (exact) mass is 1870 g/mol. The number of allylic oxidation sites excluding steroid dienone is 2. The van der Waals surface area contributed by atoms with Crippen LogP contribution in [0.5, 0.6) is 0 Å². The van der Waals surface area contributed by atoms with E-state index in [2.05, 4.69) is 167 Å². The van der Waals surface area contributed by atoms with Crippen LogP contribution in [0.2, 0.25) is 0 Å². The molecular formula is C105H147Cl4N2P3Ru2+2. The van der Waals surface area contributed by atoms with Gasteiger partial charge in [-0.15, -0.1) is 6.67 Å². The predicted molar refractivity (Wildman–Crippen MR) is 518 cm³/mol. The molecule has 116 heavy (non-hydrogen) atoms. The Balaban J connectivity index is 0.000000121. The Morgan fingerprint density at radius 2 is 0.466 bits per heavy atom. The van der Waals surface area contributed by atoms with Crippen molar-refractivity contribution in [2.45, 2.75) is 381 Å². The van der Waals surface area contributed by atoms with Gasteiger partial charge in [0.05, 0.1) is 50.9 Å². The van der Waals surface area contributed by atoms with Gasteiger partial charge in [0, 0.05) is 35.1 Å². The Hall–Kier alpha value is -2.42. The molecule has 0 radical (unpaired) electrons. The summed E-state index contributed by atoms with van der Waals surface area (Å²) in [6, 6.07) is 46.3. The molecule has 1 heterocycles. The molecule has 9 fully saturated rings. The fourth-order valence-corrected chi connectivity index (χ4v) is 44.7. The van der Waals surface area contributed by atoms with Crippen LogP contribution in [0.3, 0.4) is 0 Å². The topological polar surface area (TPSA) is 6.48 Å². The SMILES string of the molecule is C1CCC([PH+](C2CCCCC2)C2CCCCC2)CC1.C1CCC([PH+](C2CCCCC2)C2CCCCC2)CC1.C1CCC([PH+](C2CCCCC2)C2CCCCC2)CC1.Cc1cc(C)c(N2C=CN(c3c(C)cc(C)cc3C)[CH-]2)c(C)c1.[Cl][Ru]([Cl])=[C]1C=C(c2ccccc2)c2ccccc21.[Cl][Ru]([Cl])=[C]1C=C(c2ccccc2)c2ccccc21. The second kappa shape index (κ2) is 47.6. The van der Waals surface area contributed by atoms with E-state index in [0.29, 0.717) is 0 Å². The van der Waals surface area contributed by atoms with E-state index in [1.165, 1.54) is 140 Å². The summed E-state index contributed by atoms with van der Waals surface area (Å²) in [5, 5.41) is 0. The van der Waals surface area contributed by atoms with Crippen molar-refractivity contribution in [3.63, 3.8) is 0 Å². The van der Waals surface area contributed by atoms with E-state index >= 15 is 0 Å². The second-order valence-electron chi connectivity index (χ2n) is 37.2. The summed E-state index contributed by atoms with van der Waals surface area (Å²) < 4.78 is 2.25. The van der Waals surface area contributed by atoms with Crippen molar-refractivity contribution in [1.82, 2.24) is 0 Å². The maximum atomic E-state index is 6.19. The van der Waals surface area contributed by atoms with Crippen molar-refractivity contribution < 1.29 is 27.0 Å². The first-order valence-electron chi connectivity index (χ1n) is 47.1. The van der Waals surface area contributed by atoms with E-state index in [1.807, 2.05) is 48.5 Å². The molecule has 1 aliphatic heterocycles. The van der Waals surface area contributed by atoms with Crippen molar-refractivity contribution in [3.05, 3.63) is 231 Å². The van der Waals surface area contributed by atoms with Crippen LogP contribution in [-0.2, 0) is 27.0 Å². The van der Waals surface area contributed by atoms with Crippen LogP contribution in [0.1, 0.15) is 356 Å². The van der Waals surface area contributed by atoms with Crippen molar-refractivity contribution in [3.8, 4) is 0 Å². The third-order valence-electron chi connectivity index (χ3n) is 29.0. The summed E-state index contributed by atoms with van der Waals surface area (Å²) in [5.41, 5.74) is 31.2. The number of anilines is 2. The van der Waals surface area contributed by atoms with Crippen LogP contribution in [0.25, 0.3) is 11.1 Å². The first kappa shape index (κ1) is 91.3. The van der Waals surface area contributed by atoms with Gasteiger partial charge in [-0.1, -0.05) is 93.2 Å². The molecule has 6 aromatic rings. The zero-order valence-corrected chi connectivity index (χ0v) is 81.7. The molecule has 634 valence electrons. The Labute approximate surface area is 736 Å². The van der Waals surface area contributed by atoms with E-state index in [-0.39, 0.29) is 23.8 Å². The number of hydrogen-bond donors (Lipinski definition) is 0. The van der Waals surface area contributed by atoms with Gasteiger partial charge < -0.3 is 9.80 Å². The average molecular weight is 1870 g/mol. The van der Waals surface area contributed by atoms with Crippen LogP contribution in [0.4, 0.5) is 11.4 Å². The predicted octanol–water partition coefficient (Wildman–Crippen LogP) is 33.2. The summed E-state index contributed by atoms with van der Waals surface area (Å²) in [6.07, 6.45) is 80.0. The summed E-state index contributed by atoms with van der Waals surface area (Å²) in [6.45, 7) is 15.2. The van der Waals surface area contributed by atoms with Gasteiger partial charge in [-0.25, -0.2) is 0 Å². The van der Waals surface area contributed by atoms with Crippen molar-refractivity contribution in [2.24, 2.45) is 0 Å². The summed E-state index contributed by atoms with van der Waals surface area (Å²) in [4.78, 5) is 4.45. The quantitative estimate of drug-likeness (QED) is 0.0646. The second-order valence-corrected chi connectivity index (χ2v) is 59.2. The summed E-state index contributed by atoms with van der Waals surface area (Å²) in [7, 11) is 24.6. The number of hydrogen-bond acceptors (Lipinski definition) is 2. The van der Waals surface area contributed by atoms with Gasteiger partial charge in [0.25, 0.3) is 0 Å². The molecule has 2 nitrogen and oxygen atoms in total. The van der Waals surface area contributed by atoms with E-state index in [9.17, 15) is 0 Å². The average Bonchev–Trinajstić information content (AvgIpc) is 1.64. The Morgan fingerprint density at radius 1 is 0.267 bits per heavy atom. The van der Waals surface area contributed by atoms with Gasteiger partial charge in [0.2, 0.25) is 0 Å². The molecular weight excluding hydrogens is 1730 g/mol. The van der Waals surface area contributed by atoms with Crippen LogP contribution >= 0.6 is 62.5 Å². The first-order chi connectivity index (χ1) is 56.8. The minimum atomic E-state index is -1.88. The van der Waals surface area contributed by atoms with Crippen LogP contribution < -0.4 is 9.80 Å². The third kappa shape index (κ3) is 25.2. The minimum absolute atomic E-state index is 0.0465. The van der Waals surface area contributed by atoms with Gasteiger partial charge >= 0.3 is 240 Å². The molecule has 0 atom stereocenters. The zero-order chi connectivity index (χ0) is 80.5. The molecule has 0 unspecified atom stereocenters. The Morgan fingerprint density at radius 3 is 0.672 bits per heavy atom. The van der Waals surface area contributed by atoms with Crippen LogP contribution in [0.15, 0.2) is 158 Å². The van der Waals surface area contributed by atoms with Gasteiger partial charge in [0.15, 0.2) is 0 Å². The number of halogens is 4. The van der Waals surface area contributed by atoms with Gasteiger partial charge in [-0.2, -0.15) is 0 Å². The van der Waals surface area contributed by atoms with Gasteiger partial charge in [-0.05, 0) is 307 Å². The standard InChI is InChI=1S/C21H25N2.3C18H33P.2C15H10.4ClH.2Ru/c1-14-9-16(3)20(17(4)10-14)22-7-8-23(13-22)21-18(5)11-15(2)12-19(21)6;3*1-4-10-16(11-5-1)19(17-12-6-2-7-13-17)18-14-8-3-9-15-18;2*1-2-6-12(7-3-1)15-11-10-13-8-4-5-9-14(13)15;;;;;;/h7-13H,1-6H3;3*16-18H,1-15H2;2*1-9,11H;4*1H;;/q-1;;;;;;;;;;2*+2/p-1. The number of benzene rings is 6. The molecule has 0 saturated heterocycles.